The van der Waals surface area contributed by atoms with Crippen molar-refractivity contribution < 1.29 is 22.7 Å². The van der Waals surface area contributed by atoms with Gasteiger partial charge in [0.15, 0.2) is 11.5 Å². The van der Waals surface area contributed by atoms with E-state index in [0.717, 1.165) is 35.9 Å². The van der Waals surface area contributed by atoms with Crippen LogP contribution < -0.4 is 10.1 Å². The Morgan fingerprint density at radius 2 is 1.93 bits per heavy atom. The van der Waals surface area contributed by atoms with Crippen molar-refractivity contribution in [2.24, 2.45) is 5.92 Å². The number of aromatic nitrogens is 2. The Kier molecular flexibility index (Phi) is 3.90. The molecule has 0 unspecified atom stereocenters. The zero-order valence-corrected chi connectivity index (χ0v) is 15.4. The fourth-order valence-electron chi connectivity index (χ4n) is 4.09. The maximum atomic E-state index is 14.4. The number of benzene rings is 2. The van der Waals surface area contributed by atoms with Crippen LogP contribution >= 0.6 is 0 Å². The molecule has 3 aromatic rings. The molecule has 5 nitrogen and oxygen atoms in total. The van der Waals surface area contributed by atoms with Gasteiger partial charge in [0.25, 0.3) is 5.91 Å². The van der Waals surface area contributed by atoms with Gasteiger partial charge in [-0.1, -0.05) is 0 Å². The van der Waals surface area contributed by atoms with Crippen LogP contribution in [0.1, 0.15) is 34.1 Å². The van der Waals surface area contributed by atoms with E-state index in [4.69, 9.17) is 4.74 Å². The van der Waals surface area contributed by atoms with Gasteiger partial charge in [0.2, 0.25) is 0 Å². The molecule has 1 saturated carbocycles. The van der Waals surface area contributed by atoms with Gasteiger partial charge in [0, 0.05) is 23.6 Å². The summed E-state index contributed by atoms with van der Waals surface area (Å²) in [5, 5.41) is 6.98. The van der Waals surface area contributed by atoms with E-state index >= 15 is 0 Å². The van der Waals surface area contributed by atoms with Gasteiger partial charge < -0.3 is 10.1 Å². The predicted octanol–water partition coefficient (Wildman–Crippen LogP) is 4.21. The lowest BCUT2D eigenvalue weighted by Gasteiger charge is -2.10. The second kappa shape index (κ2) is 6.37. The molecule has 29 heavy (non-hydrogen) atoms. The number of nitrogens with one attached hydrogen (secondary N) is 1. The predicted molar refractivity (Wildman–Crippen MR) is 98.9 cm³/mol. The van der Waals surface area contributed by atoms with E-state index in [9.17, 15) is 18.0 Å². The van der Waals surface area contributed by atoms with Crippen LogP contribution in [0.3, 0.4) is 0 Å². The topological polar surface area (TPSA) is 56.1 Å². The fourth-order valence-corrected chi connectivity index (χ4v) is 4.09. The number of fused-ring (bicyclic) bond motifs is 3. The quantitative estimate of drug-likeness (QED) is 0.715. The minimum atomic E-state index is -0.752. The third kappa shape index (κ3) is 2.86. The van der Waals surface area contributed by atoms with Gasteiger partial charge >= 0.3 is 0 Å². The molecule has 5 rings (SSSR count). The maximum Gasteiger partial charge on any atom is 0.276 e. The Morgan fingerprint density at radius 3 is 2.69 bits per heavy atom. The first-order valence-electron chi connectivity index (χ1n) is 9.18. The minimum absolute atomic E-state index is 0.0950. The van der Waals surface area contributed by atoms with Gasteiger partial charge in [-0.15, -0.1) is 0 Å². The summed E-state index contributed by atoms with van der Waals surface area (Å²) in [6, 6.07) is 7.06. The fraction of sp³-hybridized carbons (Fsp3) is 0.238. The van der Waals surface area contributed by atoms with Gasteiger partial charge in [-0.05, 0) is 43.0 Å². The molecular formula is C21H16F3N3O2. The van der Waals surface area contributed by atoms with E-state index in [2.05, 4.69) is 10.4 Å². The molecule has 0 spiro atoms. The number of rotatable bonds is 4. The van der Waals surface area contributed by atoms with Gasteiger partial charge in [-0.25, -0.2) is 17.9 Å². The number of hydrogen-bond acceptors (Lipinski definition) is 3. The van der Waals surface area contributed by atoms with Crippen molar-refractivity contribution in [2.45, 2.75) is 18.8 Å². The number of carbonyl (C=O) groups is 1. The lowest BCUT2D eigenvalue weighted by molar-refractivity contribution is 0.102. The highest BCUT2D eigenvalue weighted by Gasteiger charge is 2.50. The highest BCUT2D eigenvalue weighted by atomic mass is 19.1. The normalized spacial score (nSPS) is 18.9. The average Bonchev–Trinajstić information content (AvgIpc) is 3.18. The van der Waals surface area contributed by atoms with Crippen LogP contribution in [-0.4, -0.2) is 22.8 Å². The average molecular weight is 399 g/mol. The minimum Gasteiger partial charge on any atom is -0.495 e. The standard InChI is InChI=1S/C21H16F3N3O2/c1-29-18-5-3-12(23)9-16(18)25-21(28)19-14-7-10-6-13(10)20(14)27(26-19)17-4-2-11(22)8-15(17)24/h2-5,8-10,13H,6-7H2,1H3,(H,25,28)/t10-,13-/m0/s1. The van der Waals surface area contributed by atoms with E-state index in [1.165, 1.54) is 30.0 Å². The van der Waals surface area contributed by atoms with Crippen LogP contribution in [-0.2, 0) is 6.42 Å². The Morgan fingerprint density at radius 1 is 1.17 bits per heavy atom. The Labute approximate surface area is 164 Å². The molecule has 0 radical (unpaired) electrons. The molecule has 148 valence electrons. The van der Waals surface area contributed by atoms with E-state index < -0.39 is 23.4 Å². The number of carbonyl (C=O) groups excluding carboxylic acids is 1. The molecule has 0 aliphatic heterocycles. The Hall–Kier alpha value is -3.29. The van der Waals surface area contributed by atoms with E-state index in [-0.39, 0.29) is 23.0 Å². The van der Waals surface area contributed by atoms with E-state index in [1.54, 1.807) is 0 Å². The molecule has 1 amide bonds. The summed E-state index contributed by atoms with van der Waals surface area (Å²) in [4.78, 5) is 12.9. The molecule has 2 aromatic carbocycles. The number of ether oxygens (including phenoxy) is 1. The molecule has 1 heterocycles. The summed E-state index contributed by atoms with van der Waals surface area (Å²) in [5.74, 6) is -1.56. The van der Waals surface area contributed by atoms with Crippen LogP contribution in [0.4, 0.5) is 18.9 Å². The third-order valence-corrected chi connectivity index (χ3v) is 5.53. The van der Waals surface area contributed by atoms with Crippen molar-refractivity contribution in [1.82, 2.24) is 9.78 Å². The van der Waals surface area contributed by atoms with Crippen molar-refractivity contribution in [3.8, 4) is 11.4 Å². The molecule has 2 aliphatic carbocycles. The molecule has 1 fully saturated rings. The summed E-state index contributed by atoms with van der Waals surface area (Å²) in [7, 11) is 1.42. The highest BCUT2D eigenvalue weighted by molar-refractivity contribution is 6.05. The zero-order valence-electron chi connectivity index (χ0n) is 15.4. The summed E-state index contributed by atoms with van der Waals surface area (Å²) < 4.78 is 47.9. The molecule has 1 N–H and O–H groups in total. The summed E-state index contributed by atoms with van der Waals surface area (Å²) in [6.45, 7) is 0. The number of hydrogen-bond donors (Lipinski definition) is 1. The lowest BCUT2D eigenvalue weighted by atomic mass is 10.1. The molecule has 0 saturated heterocycles. The smallest absolute Gasteiger partial charge is 0.276 e. The molecule has 2 aliphatic rings. The highest BCUT2D eigenvalue weighted by Crippen LogP contribution is 2.57. The van der Waals surface area contributed by atoms with Crippen molar-refractivity contribution in [3.63, 3.8) is 0 Å². The van der Waals surface area contributed by atoms with Crippen molar-refractivity contribution in [1.29, 1.82) is 0 Å². The monoisotopic (exact) mass is 399 g/mol. The van der Waals surface area contributed by atoms with Crippen molar-refractivity contribution in [3.05, 3.63) is 70.8 Å². The number of anilines is 1. The summed E-state index contributed by atoms with van der Waals surface area (Å²) in [5.41, 5.74) is 1.97. The number of halogens is 3. The van der Waals surface area contributed by atoms with Gasteiger partial charge in [-0.3, -0.25) is 4.79 Å². The second-order valence-electron chi connectivity index (χ2n) is 7.33. The lowest BCUT2D eigenvalue weighted by Crippen LogP contribution is -2.16. The number of nitrogens with zero attached hydrogens (tertiary/aromatic N) is 2. The first kappa shape index (κ1) is 17.8. The van der Waals surface area contributed by atoms with Crippen LogP contribution in [0.2, 0.25) is 0 Å². The molecule has 2 atom stereocenters. The van der Waals surface area contributed by atoms with E-state index in [1.807, 2.05) is 0 Å². The van der Waals surface area contributed by atoms with Gasteiger partial charge in [-0.2, -0.15) is 5.10 Å². The number of amides is 1. The van der Waals surface area contributed by atoms with Crippen LogP contribution in [0.5, 0.6) is 5.75 Å². The third-order valence-electron chi connectivity index (χ3n) is 5.53. The van der Waals surface area contributed by atoms with Crippen LogP contribution in [0.15, 0.2) is 36.4 Å². The van der Waals surface area contributed by atoms with Crippen molar-refractivity contribution >= 4 is 11.6 Å². The van der Waals surface area contributed by atoms with Gasteiger partial charge in [0.05, 0.1) is 18.5 Å². The Balaban J connectivity index is 1.56. The first-order chi connectivity index (χ1) is 14.0. The molecule has 8 heteroatoms. The first-order valence-corrected chi connectivity index (χ1v) is 9.18. The van der Waals surface area contributed by atoms with Crippen molar-refractivity contribution in [2.75, 3.05) is 12.4 Å². The summed E-state index contributed by atoms with van der Waals surface area (Å²) >= 11 is 0. The van der Waals surface area contributed by atoms with Crippen LogP contribution in [0.25, 0.3) is 5.69 Å². The molecule has 1 aromatic heterocycles. The largest absolute Gasteiger partial charge is 0.495 e. The molecule has 0 bridgehead atoms. The molecular weight excluding hydrogens is 383 g/mol. The van der Waals surface area contributed by atoms with E-state index in [0.29, 0.717) is 18.1 Å². The SMILES string of the molecule is COc1ccc(F)cc1NC(=O)c1nn(-c2ccc(F)cc2F)c2c1C[C@@H]1C[C@H]21. The number of methoxy groups -OCH3 is 1. The second-order valence-corrected chi connectivity index (χ2v) is 7.33. The maximum absolute atomic E-state index is 14.4. The zero-order chi connectivity index (χ0) is 20.3. The van der Waals surface area contributed by atoms with Crippen LogP contribution in [0, 0.1) is 23.4 Å². The summed E-state index contributed by atoms with van der Waals surface area (Å²) in [6.07, 6.45) is 1.63. The Bertz CT molecular complexity index is 1160. The van der Waals surface area contributed by atoms with Gasteiger partial charge in [0.1, 0.15) is 23.1 Å².